The van der Waals surface area contributed by atoms with Crippen LogP contribution in [0.2, 0.25) is 0 Å². The summed E-state index contributed by atoms with van der Waals surface area (Å²) in [5.41, 5.74) is 0. The van der Waals surface area contributed by atoms with E-state index in [9.17, 15) is 15.0 Å². The maximum atomic E-state index is 12.1. The zero-order valence-electron chi connectivity index (χ0n) is 11.4. The van der Waals surface area contributed by atoms with E-state index < -0.39 is 37.3 Å². The number of rotatable bonds is 4. The molecule has 1 amide bonds. The van der Waals surface area contributed by atoms with Gasteiger partial charge in [0.1, 0.15) is 24.4 Å². The van der Waals surface area contributed by atoms with Crippen molar-refractivity contribution in [2.45, 2.75) is 49.5 Å². The molecule has 5 unspecified atom stereocenters. The van der Waals surface area contributed by atoms with Crippen LogP contribution in [0.5, 0.6) is 0 Å². The van der Waals surface area contributed by atoms with Gasteiger partial charge in [0.2, 0.25) is 5.91 Å². The van der Waals surface area contributed by atoms with Gasteiger partial charge in [0.15, 0.2) is 6.29 Å². The number of hydrogen-bond acceptors (Lipinski definition) is 7. The van der Waals surface area contributed by atoms with Crippen molar-refractivity contribution < 1.29 is 29.6 Å². The second-order valence-corrected chi connectivity index (χ2v) is 5.13. The summed E-state index contributed by atoms with van der Waals surface area (Å²) in [7, 11) is 1.37. The van der Waals surface area contributed by atoms with Crippen LogP contribution in [0.15, 0.2) is 0 Å². The summed E-state index contributed by atoms with van der Waals surface area (Å²) < 4.78 is 10.4. The fraction of sp³-hybridized carbons (Fsp3) is 0.917. The molecular weight excluding hydrogens is 268 g/mol. The summed E-state index contributed by atoms with van der Waals surface area (Å²) >= 11 is 0. The molecule has 20 heavy (non-hydrogen) atoms. The van der Waals surface area contributed by atoms with Gasteiger partial charge < -0.3 is 35.4 Å². The second kappa shape index (κ2) is 6.79. The minimum absolute atomic E-state index is 0.258. The molecule has 0 aliphatic carbocycles. The van der Waals surface area contributed by atoms with E-state index in [0.29, 0.717) is 0 Å². The molecule has 6 atom stereocenters. The Kier molecular flexibility index (Phi) is 5.30. The highest BCUT2D eigenvalue weighted by molar-refractivity contribution is 5.82. The summed E-state index contributed by atoms with van der Waals surface area (Å²) in [5.74, 6) is -0.258. The number of amides is 1. The molecular formula is C12H22N2O6. The van der Waals surface area contributed by atoms with Crippen molar-refractivity contribution in [2.24, 2.45) is 0 Å². The van der Waals surface area contributed by atoms with Crippen LogP contribution >= 0.6 is 0 Å². The van der Waals surface area contributed by atoms with Gasteiger partial charge in [-0.25, -0.2) is 0 Å². The molecule has 0 spiro atoms. The summed E-state index contributed by atoms with van der Waals surface area (Å²) in [6, 6.07) is -1.18. The van der Waals surface area contributed by atoms with Gasteiger partial charge in [0, 0.05) is 7.11 Å². The minimum Gasteiger partial charge on any atom is -0.394 e. The first-order valence-corrected chi connectivity index (χ1v) is 6.77. The molecule has 0 aromatic rings. The average Bonchev–Trinajstić information content (AvgIpc) is 2.98. The van der Waals surface area contributed by atoms with E-state index in [1.54, 1.807) is 0 Å². The highest BCUT2D eigenvalue weighted by atomic mass is 16.7. The van der Waals surface area contributed by atoms with Crippen LogP contribution in [0.1, 0.15) is 12.8 Å². The van der Waals surface area contributed by atoms with Gasteiger partial charge in [0.05, 0.1) is 12.6 Å². The van der Waals surface area contributed by atoms with Crippen LogP contribution in [0.25, 0.3) is 0 Å². The van der Waals surface area contributed by atoms with Crippen molar-refractivity contribution >= 4 is 5.91 Å². The summed E-state index contributed by atoms with van der Waals surface area (Å²) in [6.45, 7) is 0.341. The third-order valence-electron chi connectivity index (χ3n) is 3.80. The number of carbonyl (C=O) groups is 1. The van der Waals surface area contributed by atoms with E-state index in [-0.39, 0.29) is 11.9 Å². The normalized spacial score (nSPS) is 41.6. The monoisotopic (exact) mass is 290 g/mol. The Balaban J connectivity index is 2.01. The molecule has 2 saturated heterocycles. The molecule has 8 nitrogen and oxygen atoms in total. The van der Waals surface area contributed by atoms with Crippen molar-refractivity contribution in [3.8, 4) is 0 Å². The van der Waals surface area contributed by atoms with E-state index in [4.69, 9.17) is 14.6 Å². The quantitative estimate of drug-likeness (QED) is 0.382. The van der Waals surface area contributed by atoms with E-state index in [1.165, 1.54) is 7.11 Å². The SMILES string of the molecule is COC1OC(CO)C(O)C(O)C1NC(=O)[C@H]1CCCN1. The summed E-state index contributed by atoms with van der Waals surface area (Å²) in [4.78, 5) is 12.1. The third-order valence-corrected chi connectivity index (χ3v) is 3.80. The number of aliphatic hydroxyl groups excluding tert-OH is 3. The van der Waals surface area contributed by atoms with Gasteiger partial charge in [-0.1, -0.05) is 0 Å². The Hall–Kier alpha value is -0.770. The molecule has 0 saturated carbocycles. The third kappa shape index (κ3) is 3.11. The fourth-order valence-corrected chi connectivity index (χ4v) is 2.61. The molecule has 2 fully saturated rings. The van der Waals surface area contributed by atoms with Gasteiger partial charge in [-0.05, 0) is 19.4 Å². The van der Waals surface area contributed by atoms with Gasteiger partial charge in [-0.2, -0.15) is 0 Å². The van der Waals surface area contributed by atoms with Crippen molar-refractivity contribution in [1.82, 2.24) is 10.6 Å². The van der Waals surface area contributed by atoms with Crippen LogP contribution in [-0.4, -0.2) is 78.2 Å². The van der Waals surface area contributed by atoms with Crippen LogP contribution in [0.4, 0.5) is 0 Å². The first-order valence-electron chi connectivity index (χ1n) is 6.77. The van der Waals surface area contributed by atoms with E-state index in [1.807, 2.05) is 0 Å². The minimum atomic E-state index is -1.28. The molecule has 0 aromatic heterocycles. The van der Waals surface area contributed by atoms with E-state index in [2.05, 4.69) is 10.6 Å². The molecule has 2 aliphatic rings. The number of ether oxygens (including phenoxy) is 2. The standard InChI is InChI=1S/C12H22N2O6/c1-19-12-8(10(17)9(16)7(5-15)20-12)14-11(18)6-3-2-4-13-6/h6-10,12-13,15-17H,2-5H2,1H3,(H,14,18)/t6-,7?,8?,9?,10?,12?/m1/s1. The molecule has 5 N–H and O–H groups in total. The lowest BCUT2D eigenvalue weighted by molar-refractivity contribution is -0.262. The van der Waals surface area contributed by atoms with Gasteiger partial charge >= 0.3 is 0 Å². The molecule has 0 aromatic carbocycles. The highest BCUT2D eigenvalue weighted by Crippen LogP contribution is 2.22. The Bertz CT molecular complexity index is 334. The number of hydrogen-bond donors (Lipinski definition) is 5. The van der Waals surface area contributed by atoms with Crippen LogP contribution in [0, 0.1) is 0 Å². The maximum absolute atomic E-state index is 12.1. The summed E-state index contributed by atoms with van der Waals surface area (Å²) in [6.07, 6.45) is -2.76. The molecule has 2 rings (SSSR count). The molecule has 116 valence electrons. The van der Waals surface area contributed by atoms with Gasteiger partial charge in [-0.3, -0.25) is 4.79 Å². The molecule has 0 bridgehead atoms. The number of methoxy groups -OCH3 is 1. The number of aliphatic hydroxyl groups is 3. The van der Waals surface area contributed by atoms with Crippen LogP contribution in [-0.2, 0) is 14.3 Å². The maximum Gasteiger partial charge on any atom is 0.237 e. The predicted octanol–water partition coefficient (Wildman–Crippen LogP) is -2.69. The topological polar surface area (TPSA) is 120 Å². The Morgan fingerprint density at radius 3 is 2.75 bits per heavy atom. The smallest absolute Gasteiger partial charge is 0.237 e. The Morgan fingerprint density at radius 2 is 2.20 bits per heavy atom. The first-order chi connectivity index (χ1) is 9.58. The number of nitrogens with one attached hydrogen (secondary N) is 2. The lowest BCUT2D eigenvalue weighted by Crippen LogP contribution is -2.65. The van der Waals surface area contributed by atoms with Gasteiger partial charge in [-0.15, -0.1) is 0 Å². The Labute approximate surface area is 117 Å². The highest BCUT2D eigenvalue weighted by Gasteiger charge is 2.45. The zero-order chi connectivity index (χ0) is 14.7. The first kappa shape index (κ1) is 15.6. The molecule has 2 aliphatic heterocycles. The largest absolute Gasteiger partial charge is 0.394 e. The molecule has 2 heterocycles. The average molecular weight is 290 g/mol. The van der Waals surface area contributed by atoms with Gasteiger partial charge in [0.25, 0.3) is 0 Å². The summed E-state index contributed by atoms with van der Waals surface area (Å²) in [5, 5.41) is 34.7. The molecule has 8 heteroatoms. The number of carbonyl (C=O) groups excluding carboxylic acids is 1. The molecule has 0 radical (unpaired) electrons. The van der Waals surface area contributed by atoms with Crippen molar-refractivity contribution in [2.75, 3.05) is 20.3 Å². The zero-order valence-corrected chi connectivity index (χ0v) is 11.4. The predicted molar refractivity (Wildman–Crippen MR) is 67.7 cm³/mol. The van der Waals surface area contributed by atoms with Crippen molar-refractivity contribution in [3.63, 3.8) is 0 Å². The van der Waals surface area contributed by atoms with Crippen LogP contribution in [0.3, 0.4) is 0 Å². The van der Waals surface area contributed by atoms with Crippen LogP contribution < -0.4 is 10.6 Å². The Morgan fingerprint density at radius 1 is 1.45 bits per heavy atom. The van der Waals surface area contributed by atoms with E-state index in [0.717, 1.165) is 19.4 Å². The van der Waals surface area contributed by atoms with E-state index >= 15 is 0 Å². The lowest BCUT2D eigenvalue weighted by atomic mass is 9.96. The second-order valence-electron chi connectivity index (χ2n) is 5.13. The fourth-order valence-electron chi connectivity index (χ4n) is 2.61. The van der Waals surface area contributed by atoms with Crippen molar-refractivity contribution in [3.05, 3.63) is 0 Å². The lowest BCUT2D eigenvalue weighted by Gasteiger charge is -2.42. The van der Waals surface area contributed by atoms with Crippen molar-refractivity contribution in [1.29, 1.82) is 0 Å².